The molecule has 2 rings (SSSR count). The molecule has 0 saturated carbocycles. The largest absolute Gasteiger partial charge is 0.490 e. The van der Waals surface area contributed by atoms with E-state index in [0.29, 0.717) is 0 Å². The van der Waals surface area contributed by atoms with Gasteiger partial charge in [0.1, 0.15) is 0 Å². The van der Waals surface area contributed by atoms with E-state index in [1.54, 1.807) is 0 Å². The number of halogens is 3. The number of aliphatic carboxylic acids is 1. The van der Waals surface area contributed by atoms with Crippen LogP contribution in [0.15, 0.2) is 0 Å². The predicted octanol–water partition coefficient (Wildman–Crippen LogP) is 0.687. The molecular formula is C9H15F3N2O2. The Morgan fingerprint density at radius 3 is 1.94 bits per heavy atom. The standard InChI is InChI=1S/C7H14N2.C2HF3O2/c1-2-4-9(3-1)7-5-8-6-7;3-2(4,5)1(6)7/h7-8H,1-6H2;(H,6,7). The van der Waals surface area contributed by atoms with Gasteiger partial charge in [-0.1, -0.05) is 0 Å². The second-order valence-electron chi connectivity index (χ2n) is 3.86. The van der Waals surface area contributed by atoms with Gasteiger partial charge >= 0.3 is 12.1 Å². The molecule has 2 saturated heterocycles. The summed E-state index contributed by atoms with van der Waals surface area (Å²) >= 11 is 0. The van der Waals surface area contributed by atoms with E-state index in [4.69, 9.17) is 9.90 Å². The number of carboxylic acids is 1. The van der Waals surface area contributed by atoms with E-state index in [1.165, 1.54) is 39.0 Å². The van der Waals surface area contributed by atoms with E-state index >= 15 is 0 Å². The molecule has 0 aromatic heterocycles. The Kier molecular flexibility index (Phi) is 4.55. The second kappa shape index (κ2) is 5.49. The van der Waals surface area contributed by atoms with Crippen molar-refractivity contribution in [2.75, 3.05) is 26.2 Å². The Morgan fingerprint density at radius 2 is 1.69 bits per heavy atom. The van der Waals surface area contributed by atoms with Crippen molar-refractivity contribution in [3.8, 4) is 0 Å². The average molecular weight is 240 g/mol. The SMILES string of the molecule is C1CCN(C2CNC2)C1.O=C(O)C(F)(F)F. The number of hydrogen-bond donors (Lipinski definition) is 2. The molecule has 94 valence electrons. The third-order valence-electron chi connectivity index (χ3n) is 2.66. The lowest BCUT2D eigenvalue weighted by molar-refractivity contribution is -0.192. The van der Waals surface area contributed by atoms with Crippen molar-refractivity contribution in [3.63, 3.8) is 0 Å². The lowest BCUT2D eigenvalue weighted by Crippen LogP contribution is -2.56. The molecule has 7 heteroatoms. The molecule has 0 amide bonds. The number of nitrogens with zero attached hydrogens (tertiary/aromatic N) is 1. The molecule has 0 bridgehead atoms. The van der Waals surface area contributed by atoms with Gasteiger partial charge in [0, 0.05) is 19.1 Å². The van der Waals surface area contributed by atoms with Crippen molar-refractivity contribution in [1.82, 2.24) is 10.2 Å². The molecule has 0 aromatic carbocycles. The molecule has 0 unspecified atom stereocenters. The minimum Gasteiger partial charge on any atom is -0.475 e. The topological polar surface area (TPSA) is 52.6 Å². The summed E-state index contributed by atoms with van der Waals surface area (Å²) in [6.45, 7) is 5.18. The fraction of sp³-hybridized carbons (Fsp3) is 0.889. The zero-order valence-electron chi connectivity index (χ0n) is 8.76. The Morgan fingerprint density at radius 1 is 1.25 bits per heavy atom. The van der Waals surface area contributed by atoms with Gasteiger partial charge < -0.3 is 10.4 Å². The number of nitrogens with one attached hydrogen (secondary N) is 1. The number of carboxylic acid groups (broad SMARTS) is 1. The first kappa shape index (κ1) is 13.2. The van der Waals surface area contributed by atoms with E-state index in [-0.39, 0.29) is 0 Å². The van der Waals surface area contributed by atoms with Crippen molar-refractivity contribution in [1.29, 1.82) is 0 Å². The van der Waals surface area contributed by atoms with E-state index in [0.717, 1.165) is 6.04 Å². The number of alkyl halides is 3. The lowest BCUT2D eigenvalue weighted by Gasteiger charge is -2.35. The van der Waals surface area contributed by atoms with Crippen LogP contribution in [0.3, 0.4) is 0 Å². The summed E-state index contributed by atoms with van der Waals surface area (Å²) in [5.74, 6) is -2.76. The van der Waals surface area contributed by atoms with Crippen LogP contribution in [0, 0.1) is 0 Å². The molecule has 0 aromatic rings. The molecule has 2 aliphatic heterocycles. The van der Waals surface area contributed by atoms with Gasteiger partial charge in [-0.3, -0.25) is 4.90 Å². The maximum absolute atomic E-state index is 10.6. The monoisotopic (exact) mass is 240 g/mol. The highest BCUT2D eigenvalue weighted by atomic mass is 19.4. The Balaban J connectivity index is 0.000000168. The van der Waals surface area contributed by atoms with E-state index in [9.17, 15) is 13.2 Å². The fourth-order valence-electron chi connectivity index (χ4n) is 1.64. The van der Waals surface area contributed by atoms with Crippen molar-refractivity contribution >= 4 is 5.97 Å². The van der Waals surface area contributed by atoms with Gasteiger partial charge in [0.05, 0.1) is 0 Å². The summed E-state index contributed by atoms with van der Waals surface area (Å²) in [4.78, 5) is 11.5. The van der Waals surface area contributed by atoms with Gasteiger partial charge in [-0.25, -0.2) is 4.79 Å². The van der Waals surface area contributed by atoms with Crippen LogP contribution < -0.4 is 5.32 Å². The van der Waals surface area contributed by atoms with Crippen LogP contribution in [-0.2, 0) is 4.79 Å². The van der Waals surface area contributed by atoms with Crippen LogP contribution in [0.25, 0.3) is 0 Å². The summed E-state index contributed by atoms with van der Waals surface area (Å²) in [5.41, 5.74) is 0. The molecule has 0 spiro atoms. The highest BCUT2D eigenvalue weighted by Crippen LogP contribution is 2.13. The number of carbonyl (C=O) groups is 1. The van der Waals surface area contributed by atoms with E-state index in [1.807, 2.05) is 0 Å². The van der Waals surface area contributed by atoms with E-state index < -0.39 is 12.1 Å². The highest BCUT2D eigenvalue weighted by molar-refractivity contribution is 5.73. The normalized spacial score (nSPS) is 22.2. The summed E-state index contributed by atoms with van der Waals surface area (Å²) in [6, 6.07) is 0.896. The molecule has 0 aliphatic carbocycles. The van der Waals surface area contributed by atoms with Gasteiger partial charge in [-0.2, -0.15) is 13.2 Å². The maximum Gasteiger partial charge on any atom is 0.490 e. The zero-order valence-corrected chi connectivity index (χ0v) is 8.76. The van der Waals surface area contributed by atoms with Gasteiger partial charge in [0.25, 0.3) is 0 Å². The first-order valence-corrected chi connectivity index (χ1v) is 5.16. The van der Waals surface area contributed by atoms with Crippen LogP contribution >= 0.6 is 0 Å². The van der Waals surface area contributed by atoms with Crippen molar-refractivity contribution < 1.29 is 23.1 Å². The molecule has 0 atom stereocenters. The molecule has 16 heavy (non-hydrogen) atoms. The van der Waals surface area contributed by atoms with Gasteiger partial charge in [-0.15, -0.1) is 0 Å². The first-order valence-electron chi connectivity index (χ1n) is 5.16. The van der Waals surface area contributed by atoms with E-state index in [2.05, 4.69) is 10.2 Å². The quantitative estimate of drug-likeness (QED) is 0.708. The summed E-state index contributed by atoms with van der Waals surface area (Å²) in [7, 11) is 0. The smallest absolute Gasteiger partial charge is 0.475 e. The van der Waals surface area contributed by atoms with Gasteiger partial charge in [-0.05, 0) is 25.9 Å². The number of hydrogen-bond acceptors (Lipinski definition) is 3. The Labute approximate surface area is 91.4 Å². The average Bonchev–Trinajstić information content (AvgIpc) is 2.53. The van der Waals surface area contributed by atoms with Crippen molar-refractivity contribution in [2.45, 2.75) is 25.1 Å². The van der Waals surface area contributed by atoms with Crippen molar-refractivity contribution in [2.24, 2.45) is 0 Å². The highest BCUT2D eigenvalue weighted by Gasteiger charge is 2.38. The lowest BCUT2D eigenvalue weighted by atomic mass is 10.1. The van der Waals surface area contributed by atoms with Crippen LogP contribution in [0.1, 0.15) is 12.8 Å². The molecule has 0 radical (unpaired) electrons. The molecule has 4 nitrogen and oxygen atoms in total. The second-order valence-corrected chi connectivity index (χ2v) is 3.86. The predicted molar refractivity (Wildman–Crippen MR) is 51.2 cm³/mol. The maximum atomic E-state index is 10.6. The molecule has 2 fully saturated rings. The molecule has 2 N–H and O–H groups in total. The molecule has 2 aliphatic rings. The Bertz CT molecular complexity index is 235. The first-order chi connectivity index (χ1) is 7.41. The van der Waals surface area contributed by atoms with Crippen LogP contribution in [0.4, 0.5) is 13.2 Å². The van der Waals surface area contributed by atoms with Crippen LogP contribution in [-0.4, -0.2) is 54.4 Å². The van der Waals surface area contributed by atoms with Gasteiger partial charge in [0.2, 0.25) is 0 Å². The molecule has 2 heterocycles. The Hall–Kier alpha value is -0.820. The number of likely N-dealkylation sites (tertiary alicyclic amines) is 1. The third-order valence-corrected chi connectivity index (χ3v) is 2.66. The van der Waals surface area contributed by atoms with Gasteiger partial charge in [0.15, 0.2) is 0 Å². The number of rotatable bonds is 1. The minimum atomic E-state index is -5.08. The van der Waals surface area contributed by atoms with Crippen LogP contribution in [0.5, 0.6) is 0 Å². The summed E-state index contributed by atoms with van der Waals surface area (Å²) < 4.78 is 31.7. The summed E-state index contributed by atoms with van der Waals surface area (Å²) in [5, 5.41) is 10.4. The zero-order chi connectivity index (χ0) is 12.2. The summed E-state index contributed by atoms with van der Waals surface area (Å²) in [6.07, 6.45) is -2.23. The van der Waals surface area contributed by atoms with Crippen LogP contribution in [0.2, 0.25) is 0 Å². The van der Waals surface area contributed by atoms with Crippen molar-refractivity contribution in [3.05, 3.63) is 0 Å². The molecular weight excluding hydrogens is 225 g/mol. The fourth-order valence-corrected chi connectivity index (χ4v) is 1.64. The third kappa shape index (κ3) is 3.97. The minimum absolute atomic E-state index is 0.896.